The first-order valence-corrected chi connectivity index (χ1v) is 21.6. The van der Waals surface area contributed by atoms with Crippen molar-refractivity contribution >= 4 is 5.69 Å². The summed E-state index contributed by atoms with van der Waals surface area (Å²) in [5.74, 6) is 5.49. The molecular formula is C47H68N2O3. The third kappa shape index (κ3) is 5.84. The van der Waals surface area contributed by atoms with Crippen LogP contribution in [0.2, 0.25) is 0 Å². The molecule has 0 bridgehead atoms. The van der Waals surface area contributed by atoms with Crippen LogP contribution in [0.15, 0.2) is 54.6 Å². The molecule has 1 spiro atoms. The second-order valence-corrected chi connectivity index (χ2v) is 20.4. The predicted octanol–water partition coefficient (Wildman–Crippen LogP) is 8.53. The van der Waals surface area contributed by atoms with Crippen molar-refractivity contribution in [1.82, 2.24) is 4.90 Å². The van der Waals surface area contributed by atoms with Crippen LogP contribution in [0.3, 0.4) is 0 Å². The maximum Gasteiger partial charge on any atom is 0.0805 e. The maximum absolute atomic E-state index is 12.2. The molecule has 0 aromatic heterocycles. The van der Waals surface area contributed by atoms with E-state index in [9.17, 15) is 15.3 Å². The van der Waals surface area contributed by atoms with Crippen molar-refractivity contribution in [1.29, 1.82) is 0 Å². The molecule has 2 aromatic rings. The highest BCUT2D eigenvalue weighted by atomic mass is 16.3. The van der Waals surface area contributed by atoms with Crippen molar-refractivity contribution in [3.8, 4) is 0 Å². The van der Waals surface area contributed by atoms with Crippen LogP contribution in [0, 0.1) is 64.1 Å². The van der Waals surface area contributed by atoms with Gasteiger partial charge in [0.25, 0.3) is 0 Å². The van der Waals surface area contributed by atoms with Gasteiger partial charge < -0.3 is 20.6 Å². The van der Waals surface area contributed by atoms with E-state index < -0.39 is 5.60 Å². The monoisotopic (exact) mass is 709 g/mol. The number of aliphatic hydroxyl groups is 3. The van der Waals surface area contributed by atoms with E-state index in [1.54, 1.807) is 0 Å². The van der Waals surface area contributed by atoms with Gasteiger partial charge in [0.1, 0.15) is 0 Å². The molecule has 7 fully saturated rings. The van der Waals surface area contributed by atoms with Crippen LogP contribution >= 0.6 is 0 Å². The maximum atomic E-state index is 12.2. The van der Waals surface area contributed by atoms with Crippen LogP contribution < -0.4 is 5.32 Å². The minimum atomic E-state index is -0.599. The molecule has 0 amide bonds. The Morgan fingerprint density at radius 2 is 1.65 bits per heavy atom. The fourth-order valence-electron chi connectivity index (χ4n) is 15.5. The third-order valence-electron chi connectivity index (χ3n) is 17.7. The van der Waals surface area contributed by atoms with E-state index in [1.807, 2.05) is 7.05 Å². The molecule has 5 aliphatic carbocycles. The fraction of sp³-hybridized carbons (Fsp3) is 0.745. The average molecular weight is 709 g/mol. The molecule has 5 nitrogen and oxygen atoms in total. The van der Waals surface area contributed by atoms with Crippen LogP contribution in [0.5, 0.6) is 0 Å². The summed E-state index contributed by atoms with van der Waals surface area (Å²) < 4.78 is 0. The Morgan fingerprint density at radius 1 is 0.827 bits per heavy atom. The Labute approximate surface area is 314 Å². The number of hydrogen-bond acceptors (Lipinski definition) is 5. The third-order valence-corrected chi connectivity index (χ3v) is 17.7. The molecule has 5 saturated carbocycles. The molecule has 2 aliphatic heterocycles. The molecule has 2 aromatic carbocycles. The van der Waals surface area contributed by atoms with E-state index in [2.05, 4.69) is 85.6 Å². The zero-order valence-corrected chi connectivity index (χ0v) is 32.6. The lowest BCUT2D eigenvalue weighted by Gasteiger charge is -2.60. The van der Waals surface area contributed by atoms with Crippen LogP contribution in [-0.4, -0.2) is 64.2 Å². The normalized spacial score (nSPS) is 47.5. The van der Waals surface area contributed by atoms with Gasteiger partial charge in [-0.05, 0) is 184 Å². The molecule has 4 N–H and O–H groups in total. The molecule has 284 valence electrons. The SMILES string of the molecule is CNc1cccc(C(Cc2ccccc2)CC2CCC3(C2)CC2(C)C(CC3O)C(O)CC3C4CCC5C(CN6CC(C)CCC6C5(C)O)C4CC32)c1. The van der Waals surface area contributed by atoms with Crippen LogP contribution in [0.4, 0.5) is 5.69 Å². The molecule has 5 heteroatoms. The quantitative estimate of drug-likeness (QED) is 0.242. The Morgan fingerprint density at radius 3 is 2.46 bits per heavy atom. The smallest absolute Gasteiger partial charge is 0.0805 e. The Kier molecular flexibility index (Phi) is 9.20. The Bertz CT molecular complexity index is 1580. The lowest BCUT2D eigenvalue weighted by Crippen LogP contribution is -2.67. The van der Waals surface area contributed by atoms with E-state index in [0.717, 1.165) is 70.3 Å². The van der Waals surface area contributed by atoms with Crippen LogP contribution in [0.25, 0.3) is 0 Å². The predicted molar refractivity (Wildman–Crippen MR) is 210 cm³/mol. The Hall–Kier alpha value is -1.92. The second kappa shape index (κ2) is 13.4. The molecule has 0 radical (unpaired) electrons. The summed E-state index contributed by atoms with van der Waals surface area (Å²) >= 11 is 0. The minimum Gasteiger partial charge on any atom is -0.393 e. The van der Waals surface area contributed by atoms with E-state index in [4.69, 9.17) is 0 Å². The van der Waals surface area contributed by atoms with Crippen molar-refractivity contribution in [2.24, 2.45) is 64.1 Å². The zero-order valence-electron chi connectivity index (χ0n) is 32.6. The van der Waals surface area contributed by atoms with Crippen molar-refractivity contribution in [2.45, 2.75) is 134 Å². The molecule has 2 heterocycles. The number of hydrogen-bond donors (Lipinski definition) is 4. The largest absolute Gasteiger partial charge is 0.393 e. The van der Waals surface area contributed by atoms with Gasteiger partial charge in [-0.3, -0.25) is 4.90 Å². The lowest BCUT2D eigenvalue weighted by molar-refractivity contribution is -0.180. The van der Waals surface area contributed by atoms with E-state index in [-0.39, 0.29) is 29.0 Å². The summed E-state index contributed by atoms with van der Waals surface area (Å²) in [6.07, 6.45) is 13.9. The van der Waals surface area contributed by atoms with Gasteiger partial charge in [-0.25, -0.2) is 0 Å². The standard InChI is InChI=1S/C47H68N2O3/c1-29-13-16-43-46(3,52)39-15-14-35-36(38(39)27-49(43)26-29)22-40-37(35)23-42(50)41-24-44(51)47(28-45(40,41)2)18-17-31(25-47)20-33(19-30-9-6-5-7-10-30)32-11-8-12-34(21-32)48-4/h5-12,21,29,31,33,35-44,48,50-52H,13-20,22-28H2,1-4H3. The summed E-state index contributed by atoms with van der Waals surface area (Å²) in [6.45, 7) is 9.49. The first kappa shape index (κ1) is 35.8. The van der Waals surface area contributed by atoms with Gasteiger partial charge in [-0.2, -0.15) is 0 Å². The van der Waals surface area contributed by atoms with Gasteiger partial charge in [-0.1, -0.05) is 56.3 Å². The molecule has 16 unspecified atom stereocenters. The van der Waals surface area contributed by atoms with Gasteiger partial charge in [-0.15, -0.1) is 0 Å². The second-order valence-electron chi connectivity index (χ2n) is 20.4. The van der Waals surface area contributed by atoms with E-state index >= 15 is 0 Å². The minimum absolute atomic E-state index is 0.0381. The molecule has 7 aliphatic rings. The van der Waals surface area contributed by atoms with E-state index in [1.165, 1.54) is 49.0 Å². The summed E-state index contributed by atoms with van der Waals surface area (Å²) in [5, 5.41) is 39.7. The van der Waals surface area contributed by atoms with Gasteiger partial charge in [0.2, 0.25) is 0 Å². The number of nitrogens with one attached hydrogen (secondary N) is 1. The lowest BCUT2D eigenvalue weighted by atomic mass is 9.46. The summed E-state index contributed by atoms with van der Waals surface area (Å²) in [6, 6.07) is 20.4. The average Bonchev–Trinajstić information content (AvgIpc) is 3.72. The zero-order chi connectivity index (χ0) is 36.0. The van der Waals surface area contributed by atoms with Crippen molar-refractivity contribution in [3.63, 3.8) is 0 Å². The van der Waals surface area contributed by atoms with Gasteiger partial charge in [0.15, 0.2) is 0 Å². The van der Waals surface area contributed by atoms with Gasteiger partial charge in [0.05, 0.1) is 17.8 Å². The molecule has 2 saturated heterocycles. The first-order chi connectivity index (χ1) is 25.0. The van der Waals surface area contributed by atoms with E-state index in [0.29, 0.717) is 53.4 Å². The van der Waals surface area contributed by atoms with Crippen LogP contribution in [-0.2, 0) is 6.42 Å². The highest BCUT2D eigenvalue weighted by Crippen LogP contribution is 2.71. The number of rotatable bonds is 6. The molecule has 9 rings (SSSR count). The number of nitrogens with zero attached hydrogens (tertiary/aromatic N) is 1. The topological polar surface area (TPSA) is 76.0 Å². The number of benzene rings is 2. The number of anilines is 1. The highest BCUT2D eigenvalue weighted by Gasteiger charge is 2.67. The van der Waals surface area contributed by atoms with Crippen LogP contribution in [0.1, 0.15) is 115 Å². The van der Waals surface area contributed by atoms with Gasteiger partial charge >= 0.3 is 0 Å². The van der Waals surface area contributed by atoms with Crippen molar-refractivity contribution in [2.75, 3.05) is 25.5 Å². The Balaban J connectivity index is 0.961. The number of piperidine rings is 2. The first-order valence-electron chi connectivity index (χ1n) is 21.6. The fourth-order valence-corrected chi connectivity index (χ4v) is 15.5. The summed E-state index contributed by atoms with van der Waals surface area (Å²) in [7, 11) is 2.01. The molecule has 16 atom stereocenters. The van der Waals surface area contributed by atoms with Gasteiger partial charge in [0, 0.05) is 31.9 Å². The number of fused-ring (bicyclic) bond motifs is 8. The van der Waals surface area contributed by atoms with Crippen molar-refractivity contribution < 1.29 is 15.3 Å². The highest BCUT2D eigenvalue weighted by molar-refractivity contribution is 5.46. The number of aliphatic hydroxyl groups excluding tert-OH is 2. The summed E-state index contributed by atoms with van der Waals surface area (Å²) in [4.78, 5) is 2.71. The molecule has 52 heavy (non-hydrogen) atoms. The summed E-state index contributed by atoms with van der Waals surface area (Å²) in [5.41, 5.74) is 3.43. The van der Waals surface area contributed by atoms with Crippen molar-refractivity contribution in [3.05, 3.63) is 65.7 Å². The molecular weight excluding hydrogens is 641 g/mol.